The van der Waals surface area contributed by atoms with Gasteiger partial charge < -0.3 is 13.6 Å². The number of hydrogen-bond acceptors (Lipinski definition) is 7. The van der Waals surface area contributed by atoms with Gasteiger partial charge in [0, 0.05) is 25.8 Å². The normalized spacial score (nSPS) is 23.9. The van der Waals surface area contributed by atoms with Crippen molar-refractivity contribution in [3.8, 4) is 11.6 Å². The molecule has 0 amide bonds. The zero-order chi connectivity index (χ0) is 16.8. The van der Waals surface area contributed by atoms with Gasteiger partial charge in [-0.2, -0.15) is 5.10 Å². The summed E-state index contributed by atoms with van der Waals surface area (Å²) in [4.78, 5) is 4.48. The third-order valence-corrected chi connectivity index (χ3v) is 4.90. The Labute approximate surface area is 144 Å². The topological polar surface area (TPSA) is 92.0 Å². The largest absolute Gasteiger partial charge is 0.448 e. The van der Waals surface area contributed by atoms with E-state index in [0.29, 0.717) is 23.4 Å². The van der Waals surface area contributed by atoms with Crippen molar-refractivity contribution in [3.05, 3.63) is 36.0 Å². The van der Waals surface area contributed by atoms with Gasteiger partial charge in [0.25, 0.3) is 5.89 Å². The molecule has 0 bridgehead atoms. The van der Waals surface area contributed by atoms with Gasteiger partial charge >= 0.3 is 0 Å². The molecule has 0 unspecified atom stereocenters. The zero-order valence-electron chi connectivity index (χ0n) is 14.0. The molecule has 3 aromatic rings. The van der Waals surface area contributed by atoms with Crippen molar-refractivity contribution in [3.63, 3.8) is 0 Å². The Morgan fingerprint density at radius 2 is 2.08 bits per heavy atom. The van der Waals surface area contributed by atoms with Crippen molar-refractivity contribution in [2.75, 3.05) is 6.61 Å². The van der Waals surface area contributed by atoms with Gasteiger partial charge in [-0.15, -0.1) is 10.2 Å². The summed E-state index contributed by atoms with van der Waals surface area (Å²) in [6, 6.07) is 1.97. The molecule has 0 spiro atoms. The smallest absolute Gasteiger partial charge is 0.269 e. The van der Waals surface area contributed by atoms with E-state index in [1.54, 1.807) is 12.5 Å². The summed E-state index contributed by atoms with van der Waals surface area (Å²) in [5.41, 5.74) is 1.62. The van der Waals surface area contributed by atoms with Gasteiger partial charge in [-0.05, 0) is 31.7 Å². The Kier molecular flexibility index (Phi) is 3.44. The van der Waals surface area contributed by atoms with Gasteiger partial charge in [-0.3, -0.25) is 4.68 Å². The van der Waals surface area contributed by atoms with Gasteiger partial charge in [0.1, 0.15) is 12.4 Å². The van der Waals surface area contributed by atoms with Crippen molar-refractivity contribution in [2.45, 2.75) is 43.6 Å². The number of rotatable bonds is 4. The average Bonchev–Trinajstić information content (AvgIpc) is 3.04. The molecular weight excluding hydrogens is 322 g/mol. The Bertz CT molecular complexity index is 878. The van der Waals surface area contributed by atoms with E-state index in [1.165, 1.54) is 0 Å². The molecule has 0 aromatic carbocycles. The maximum atomic E-state index is 6.01. The summed E-state index contributed by atoms with van der Waals surface area (Å²) in [5, 5.41) is 12.7. The van der Waals surface area contributed by atoms with Crippen LogP contribution in [0.1, 0.15) is 61.1 Å². The maximum absolute atomic E-state index is 6.01. The molecule has 1 aliphatic heterocycles. The number of ether oxygens (including phenoxy) is 1. The first-order valence-electron chi connectivity index (χ1n) is 8.68. The summed E-state index contributed by atoms with van der Waals surface area (Å²) >= 11 is 0. The molecule has 130 valence electrons. The molecule has 2 aliphatic rings. The standard InChI is InChI=1S/C17H19N5O3/c1-22-13(6-7-18-22)14-11(3-2-8-23-14)16-20-21-17(25-16)12-9-24-15(19-12)10-4-5-10/h6-7,9-11,14H,2-5,8H2,1H3/t11-,14-/m1/s1. The summed E-state index contributed by atoms with van der Waals surface area (Å²) < 4.78 is 19.3. The van der Waals surface area contributed by atoms with E-state index in [1.807, 2.05) is 17.8 Å². The van der Waals surface area contributed by atoms with Crippen LogP contribution in [0.3, 0.4) is 0 Å². The Hall–Kier alpha value is -2.48. The van der Waals surface area contributed by atoms with Crippen LogP contribution in [0.2, 0.25) is 0 Å². The van der Waals surface area contributed by atoms with Crippen LogP contribution < -0.4 is 0 Å². The molecule has 3 aromatic heterocycles. The van der Waals surface area contributed by atoms with Crippen LogP contribution in [-0.4, -0.2) is 31.6 Å². The van der Waals surface area contributed by atoms with Crippen LogP contribution in [0, 0.1) is 0 Å². The Balaban J connectivity index is 1.43. The highest BCUT2D eigenvalue weighted by molar-refractivity contribution is 5.44. The van der Waals surface area contributed by atoms with E-state index in [-0.39, 0.29) is 12.0 Å². The Morgan fingerprint density at radius 3 is 2.88 bits per heavy atom. The molecule has 1 aliphatic carbocycles. The minimum atomic E-state index is -0.131. The van der Waals surface area contributed by atoms with E-state index >= 15 is 0 Å². The van der Waals surface area contributed by atoms with Gasteiger partial charge in [-0.1, -0.05) is 0 Å². The highest BCUT2D eigenvalue weighted by Crippen LogP contribution is 2.42. The minimum Gasteiger partial charge on any atom is -0.448 e. The van der Waals surface area contributed by atoms with Crippen molar-refractivity contribution >= 4 is 0 Å². The third-order valence-electron chi connectivity index (χ3n) is 4.90. The van der Waals surface area contributed by atoms with Crippen LogP contribution in [-0.2, 0) is 11.8 Å². The number of aromatic nitrogens is 5. The second-order valence-electron chi connectivity index (χ2n) is 6.71. The zero-order valence-corrected chi connectivity index (χ0v) is 14.0. The fourth-order valence-corrected chi connectivity index (χ4v) is 3.38. The van der Waals surface area contributed by atoms with Gasteiger partial charge in [0.2, 0.25) is 5.89 Å². The van der Waals surface area contributed by atoms with Crippen LogP contribution >= 0.6 is 0 Å². The monoisotopic (exact) mass is 341 g/mol. The molecule has 0 radical (unpaired) electrons. The predicted octanol–water partition coefficient (Wildman–Crippen LogP) is 2.97. The molecule has 5 rings (SSSR count). The second-order valence-corrected chi connectivity index (χ2v) is 6.71. The fourth-order valence-electron chi connectivity index (χ4n) is 3.38. The van der Waals surface area contributed by atoms with Gasteiger partial charge in [-0.25, -0.2) is 4.98 Å². The number of nitrogens with zero attached hydrogens (tertiary/aromatic N) is 5. The molecule has 0 N–H and O–H groups in total. The molecule has 8 heteroatoms. The van der Waals surface area contributed by atoms with Crippen molar-refractivity contribution in [2.24, 2.45) is 7.05 Å². The predicted molar refractivity (Wildman–Crippen MR) is 85.6 cm³/mol. The van der Waals surface area contributed by atoms with Gasteiger partial charge in [0.15, 0.2) is 11.6 Å². The Morgan fingerprint density at radius 1 is 1.16 bits per heavy atom. The summed E-state index contributed by atoms with van der Waals surface area (Å²) in [7, 11) is 1.92. The van der Waals surface area contributed by atoms with Crippen molar-refractivity contribution < 1.29 is 13.6 Å². The van der Waals surface area contributed by atoms with E-state index < -0.39 is 0 Å². The van der Waals surface area contributed by atoms with Crippen LogP contribution in [0.25, 0.3) is 11.6 Å². The van der Waals surface area contributed by atoms with E-state index in [0.717, 1.165) is 43.9 Å². The lowest BCUT2D eigenvalue weighted by Gasteiger charge is -2.29. The average molecular weight is 341 g/mol. The van der Waals surface area contributed by atoms with E-state index in [9.17, 15) is 0 Å². The molecule has 2 atom stereocenters. The summed E-state index contributed by atoms with van der Waals surface area (Å²) in [5.74, 6) is 2.22. The molecule has 2 fully saturated rings. The maximum Gasteiger partial charge on any atom is 0.269 e. The lowest BCUT2D eigenvalue weighted by molar-refractivity contribution is -0.0135. The molecule has 25 heavy (non-hydrogen) atoms. The quantitative estimate of drug-likeness (QED) is 0.720. The summed E-state index contributed by atoms with van der Waals surface area (Å²) in [6.45, 7) is 0.724. The van der Waals surface area contributed by atoms with E-state index in [4.69, 9.17) is 13.6 Å². The lowest BCUT2D eigenvalue weighted by atomic mass is 9.92. The first-order valence-corrected chi connectivity index (χ1v) is 8.68. The fraction of sp³-hybridized carbons (Fsp3) is 0.529. The third kappa shape index (κ3) is 2.66. The highest BCUT2D eigenvalue weighted by atomic mass is 16.5. The number of aryl methyl sites for hydroxylation is 1. The van der Waals surface area contributed by atoms with Crippen LogP contribution in [0.5, 0.6) is 0 Å². The molecule has 1 saturated carbocycles. The lowest BCUT2D eigenvalue weighted by Crippen LogP contribution is -2.23. The minimum absolute atomic E-state index is 0.0141. The summed E-state index contributed by atoms with van der Waals surface area (Å²) in [6.07, 6.45) is 7.42. The number of oxazole rings is 1. The highest BCUT2D eigenvalue weighted by Gasteiger charge is 2.35. The second kappa shape index (κ2) is 5.80. The molecule has 8 nitrogen and oxygen atoms in total. The van der Waals surface area contributed by atoms with Crippen LogP contribution in [0.15, 0.2) is 27.4 Å². The molecule has 1 saturated heterocycles. The van der Waals surface area contributed by atoms with Crippen molar-refractivity contribution in [1.29, 1.82) is 0 Å². The van der Waals surface area contributed by atoms with Crippen molar-refractivity contribution in [1.82, 2.24) is 25.0 Å². The van der Waals surface area contributed by atoms with E-state index in [2.05, 4.69) is 20.3 Å². The first kappa shape index (κ1) is 14.8. The molecular formula is C17H19N5O3. The first-order chi connectivity index (χ1) is 12.3. The van der Waals surface area contributed by atoms with Crippen LogP contribution in [0.4, 0.5) is 0 Å². The molecule has 4 heterocycles. The number of hydrogen-bond donors (Lipinski definition) is 0. The SMILES string of the molecule is Cn1nccc1[C@@H]1OCCC[C@H]1c1nnc(-c2coc(C3CC3)n2)o1. The van der Waals surface area contributed by atoms with Gasteiger partial charge in [0.05, 0.1) is 11.6 Å².